The van der Waals surface area contributed by atoms with Crippen molar-refractivity contribution < 1.29 is 4.74 Å². The van der Waals surface area contributed by atoms with Crippen LogP contribution >= 0.6 is 11.3 Å². The van der Waals surface area contributed by atoms with E-state index in [1.54, 1.807) is 18.4 Å². The summed E-state index contributed by atoms with van der Waals surface area (Å²) < 4.78 is 7.17. The lowest BCUT2D eigenvalue weighted by molar-refractivity contribution is 0.187. The molecule has 98 valence electrons. The van der Waals surface area contributed by atoms with Gasteiger partial charge in [-0.1, -0.05) is 0 Å². The van der Waals surface area contributed by atoms with Crippen LogP contribution in [0.2, 0.25) is 0 Å². The molecule has 0 saturated heterocycles. The summed E-state index contributed by atoms with van der Waals surface area (Å²) in [6.45, 7) is 4.34. The zero-order valence-electron chi connectivity index (χ0n) is 10.7. The highest BCUT2D eigenvalue weighted by molar-refractivity contribution is 7.07. The number of rotatable bonds is 7. The molecular weight excluding hydrogens is 248 g/mol. The number of nitrogens with zero attached hydrogens (tertiary/aromatic N) is 3. The average Bonchev–Trinajstić information content (AvgIpc) is 2.97. The maximum atomic E-state index is 5.09. The van der Waals surface area contributed by atoms with Crippen molar-refractivity contribution in [2.24, 2.45) is 0 Å². The highest BCUT2D eigenvalue weighted by atomic mass is 32.1. The van der Waals surface area contributed by atoms with Crippen molar-refractivity contribution in [3.63, 3.8) is 0 Å². The number of imidazole rings is 1. The van der Waals surface area contributed by atoms with Crippen LogP contribution in [-0.4, -0.2) is 34.8 Å². The van der Waals surface area contributed by atoms with E-state index in [0.717, 1.165) is 36.8 Å². The molecule has 0 aliphatic rings. The van der Waals surface area contributed by atoms with E-state index in [1.807, 2.05) is 18.6 Å². The first kappa shape index (κ1) is 13.0. The van der Waals surface area contributed by atoms with E-state index in [2.05, 4.69) is 25.2 Å². The van der Waals surface area contributed by atoms with E-state index >= 15 is 0 Å². The molecule has 0 unspecified atom stereocenters. The maximum absolute atomic E-state index is 5.09. The zero-order valence-corrected chi connectivity index (χ0v) is 11.5. The van der Waals surface area contributed by atoms with Crippen LogP contribution in [0.4, 0.5) is 5.95 Å². The molecule has 1 N–H and O–H groups in total. The topological polar surface area (TPSA) is 52.0 Å². The molecule has 0 spiro atoms. The van der Waals surface area contributed by atoms with Gasteiger partial charge in [-0.25, -0.2) is 9.97 Å². The van der Waals surface area contributed by atoms with Crippen LogP contribution in [-0.2, 0) is 17.7 Å². The Labute approximate surface area is 111 Å². The van der Waals surface area contributed by atoms with Gasteiger partial charge in [-0.05, 0) is 6.92 Å². The van der Waals surface area contributed by atoms with Crippen molar-refractivity contribution in [2.45, 2.75) is 19.9 Å². The molecule has 18 heavy (non-hydrogen) atoms. The standard InChI is InChI=1S/C12H18N4OS/c1-10-7-16(5-6-17-2)12(15-10)13-4-3-11-8-18-9-14-11/h7-9H,3-6H2,1-2H3,(H,13,15). The van der Waals surface area contributed by atoms with Crippen molar-refractivity contribution in [1.82, 2.24) is 14.5 Å². The van der Waals surface area contributed by atoms with Gasteiger partial charge < -0.3 is 14.6 Å². The van der Waals surface area contributed by atoms with Crippen molar-refractivity contribution in [2.75, 3.05) is 25.6 Å². The molecule has 0 amide bonds. The van der Waals surface area contributed by atoms with E-state index in [1.165, 1.54) is 0 Å². The van der Waals surface area contributed by atoms with E-state index < -0.39 is 0 Å². The highest BCUT2D eigenvalue weighted by Gasteiger charge is 2.05. The van der Waals surface area contributed by atoms with Crippen LogP contribution in [0.5, 0.6) is 0 Å². The Balaban J connectivity index is 1.87. The van der Waals surface area contributed by atoms with Crippen LogP contribution in [0.15, 0.2) is 17.1 Å². The SMILES string of the molecule is COCCn1cc(C)nc1NCCc1cscn1. The Hall–Kier alpha value is -1.40. The van der Waals surface area contributed by atoms with E-state index in [4.69, 9.17) is 4.74 Å². The molecule has 0 atom stereocenters. The molecule has 0 aromatic carbocycles. The van der Waals surface area contributed by atoms with E-state index in [9.17, 15) is 0 Å². The van der Waals surface area contributed by atoms with Gasteiger partial charge in [-0.2, -0.15) is 0 Å². The zero-order chi connectivity index (χ0) is 12.8. The number of methoxy groups -OCH3 is 1. The lowest BCUT2D eigenvalue weighted by Gasteiger charge is -2.08. The summed E-state index contributed by atoms with van der Waals surface area (Å²) >= 11 is 1.63. The molecule has 5 nitrogen and oxygen atoms in total. The summed E-state index contributed by atoms with van der Waals surface area (Å²) in [4.78, 5) is 8.72. The minimum Gasteiger partial charge on any atom is -0.383 e. The van der Waals surface area contributed by atoms with Crippen LogP contribution in [0.1, 0.15) is 11.4 Å². The van der Waals surface area contributed by atoms with E-state index in [0.29, 0.717) is 6.61 Å². The fourth-order valence-corrected chi connectivity index (χ4v) is 2.30. The molecule has 0 bridgehead atoms. The first-order chi connectivity index (χ1) is 8.79. The summed E-state index contributed by atoms with van der Waals surface area (Å²) in [6.07, 6.45) is 2.95. The molecule has 2 heterocycles. The molecular formula is C12H18N4OS. The van der Waals surface area contributed by atoms with Gasteiger partial charge in [0, 0.05) is 38.2 Å². The fraction of sp³-hybridized carbons (Fsp3) is 0.500. The van der Waals surface area contributed by atoms with Gasteiger partial charge in [0.25, 0.3) is 0 Å². The molecule has 0 radical (unpaired) electrons. The molecule has 0 saturated carbocycles. The Bertz CT molecular complexity index is 466. The molecule has 6 heteroatoms. The Kier molecular flexibility index (Phi) is 4.72. The van der Waals surface area contributed by atoms with Crippen molar-refractivity contribution in [3.05, 3.63) is 28.5 Å². The van der Waals surface area contributed by atoms with Crippen molar-refractivity contribution >= 4 is 17.3 Å². The van der Waals surface area contributed by atoms with Crippen molar-refractivity contribution in [3.8, 4) is 0 Å². The molecule has 2 rings (SSSR count). The van der Waals surface area contributed by atoms with Crippen LogP contribution < -0.4 is 5.32 Å². The first-order valence-electron chi connectivity index (χ1n) is 5.93. The third-order valence-corrected chi connectivity index (χ3v) is 3.22. The second kappa shape index (κ2) is 6.51. The predicted molar refractivity (Wildman–Crippen MR) is 73.1 cm³/mol. The normalized spacial score (nSPS) is 10.8. The second-order valence-electron chi connectivity index (χ2n) is 4.05. The summed E-state index contributed by atoms with van der Waals surface area (Å²) in [6, 6.07) is 0. The lowest BCUT2D eigenvalue weighted by atomic mass is 10.3. The smallest absolute Gasteiger partial charge is 0.203 e. The van der Waals surface area contributed by atoms with Gasteiger partial charge in [-0.3, -0.25) is 0 Å². The summed E-state index contributed by atoms with van der Waals surface area (Å²) in [7, 11) is 1.71. The molecule has 0 fully saturated rings. The number of ether oxygens (including phenoxy) is 1. The molecule has 2 aromatic heterocycles. The van der Waals surface area contributed by atoms with Gasteiger partial charge in [0.2, 0.25) is 5.95 Å². The fourth-order valence-electron chi connectivity index (χ4n) is 1.71. The number of anilines is 1. The summed E-state index contributed by atoms with van der Waals surface area (Å²) in [5, 5.41) is 5.42. The highest BCUT2D eigenvalue weighted by Crippen LogP contribution is 2.09. The van der Waals surface area contributed by atoms with Gasteiger partial charge >= 0.3 is 0 Å². The number of hydrogen-bond donors (Lipinski definition) is 1. The van der Waals surface area contributed by atoms with Gasteiger partial charge in [-0.15, -0.1) is 11.3 Å². The van der Waals surface area contributed by atoms with Gasteiger partial charge in [0.05, 0.1) is 23.5 Å². The Morgan fingerprint density at radius 1 is 1.50 bits per heavy atom. The maximum Gasteiger partial charge on any atom is 0.203 e. The predicted octanol–water partition coefficient (Wildman–Crippen LogP) is 1.95. The average molecular weight is 266 g/mol. The third-order valence-electron chi connectivity index (χ3n) is 2.58. The van der Waals surface area contributed by atoms with Crippen LogP contribution in [0.3, 0.4) is 0 Å². The third kappa shape index (κ3) is 3.54. The minimum atomic E-state index is 0.691. The Morgan fingerprint density at radius 3 is 3.11 bits per heavy atom. The van der Waals surface area contributed by atoms with Crippen LogP contribution in [0.25, 0.3) is 0 Å². The second-order valence-corrected chi connectivity index (χ2v) is 4.77. The van der Waals surface area contributed by atoms with Gasteiger partial charge in [0.15, 0.2) is 0 Å². The summed E-state index contributed by atoms with van der Waals surface area (Å²) in [5.41, 5.74) is 4.00. The number of aromatic nitrogens is 3. The first-order valence-corrected chi connectivity index (χ1v) is 6.87. The number of aryl methyl sites for hydroxylation is 1. The number of nitrogens with one attached hydrogen (secondary N) is 1. The molecule has 0 aliphatic carbocycles. The monoisotopic (exact) mass is 266 g/mol. The molecule has 0 aliphatic heterocycles. The quantitative estimate of drug-likeness (QED) is 0.832. The summed E-state index contributed by atoms with van der Waals surface area (Å²) in [5.74, 6) is 0.903. The lowest BCUT2D eigenvalue weighted by Crippen LogP contribution is -2.12. The number of thiazole rings is 1. The van der Waals surface area contributed by atoms with Gasteiger partial charge in [0.1, 0.15) is 0 Å². The number of hydrogen-bond acceptors (Lipinski definition) is 5. The Morgan fingerprint density at radius 2 is 2.39 bits per heavy atom. The van der Waals surface area contributed by atoms with Crippen molar-refractivity contribution in [1.29, 1.82) is 0 Å². The largest absolute Gasteiger partial charge is 0.383 e. The van der Waals surface area contributed by atoms with Crippen LogP contribution in [0, 0.1) is 6.92 Å². The minimum absolute atomic E-state index is 0.691. The van der Waals surface area contributed by atoms with E-state index in [-0.39, 0.29) is 0 Å². The molecule has 2 aromatic rings.